The fraction of sp³-hybridized carbons (Fsp3) is 0.571. The molecule has 0 aliphatic carbocycles. The van der Waals surface area contributed by atoms with Gasteiger partial charge in [0.1, 0.15) is 0 Å². The van der Waals surface area contributed by atoms with Crippen LogP contribution in [0.1, 0.15) is 23.1 Å². The summed E-state index contributed by atoms with van der Waals surface area (Å²) in [5.41, 5.74) is 5.41. The van der Waals surface area contributed by atoms with E-state index in [0.29, 0.717) is 0 Å². The van der Waals surface area contributed by atoms with Crippen LogP contribution < -0.4 is 10.6 Å². The molecule has 1 atom stereocenters. The zero-order chi connectivity index (χ0) is 11.5. The molecule has 2 N–H and O–H groups in total. The Labute approximate surface area is 98.4 Å². The smallest absolute Gasteiger partial charge is 0.0399 e. The SMILES string of the molecule is Cc1cc(C)c(NCC2CCNC2)c(C)c1. The van der Waals surface area contributed by atoms with Crippen molar-refractivity contribution < 1.29 is 0 Å². The monoisotopic (exact) mass is 218 g/mol. The van der Waals surface area contributed by atoms with Crippen LogP contribution in [0.3, 0.4) is 0 Å². The third kappa shape index (κ3) is 2.56. The van der Waals surface area contributed by atoms with Gasteiger partial charge in [-0.25, -0.2) is 0 Å². The molecule has 0 aromatic heterocycles. The van der Waals surface area contributed by atoms with Gasteiger partial charge in [0.2, 0.25) is 0 Å². The topological polar surface area (TPSA) is 24.1 Å². The normalized spacial score (nSPS) is 20.1. The van der Waals surface area contributed by atoms with Crippen LogP contribution in [0.25, 0.3) is 0 Å². The molecule has 1 aliphatic heterocycles. The zero-order valence-electron chi connectivity index (χ0n) is 10.6. The summed E-state index contributed by atoms with van der Waals surface area (Å²) in [5, 5.41) is 7.02. The summed E-state index contributed by atoms with van der Waals surface area (Å²) in [6, 6.07) is 4.50. The first kappa shape index (κ1) is 11.5. The van der Waals surface area contributed by atoms with Gasteiger partial charge in [-0.15, -0.1) is 0 Å². The van der Waals surface area contributed by atoms with Crippen LogP contribution in [-0.2, 0) is 0 Å². The minimum atomic E-state index is 0.792. The van der Waals surface area contributed by atoms with Crippen molar-refractivity contribution in [2.24, 2.45) is 5.92 Å². The molecule has 0 saturated carbocycles. The van der Waals surface area contributed by atoms with E-state index < -0.39 is 0 Å². The number of benzene rings is 1. The first-order valence-corrected chi connectivity index (χ1v) is 6.19. The Hall–Kier alpha value is -1.02. The summed E-state index contributed by atoms with van der Waals surface area (Å²) in [7, 11) is 0. The Morgan fingerprint density at radius 3 is 2.50 bits per heavy atom. The molecule has 0 radical (unpaired) electrons. The predicted octanol–water partition coefficient (Wildman–Crippen LogP) is 2.63. The number of hydrogen-bond acceptors (Lipinski definition) is 2. The second-order valence-corrected chi connectivity index (χ2v) is 5.01. The lowest BCUT2D eigenvalue weighted by molar-refractivity contribution is 0.615. The van der Waals surface area contributed by atoms with E-state index in [4.69, 9.17) is 0 Å². The number of hydrogen-bond donors (Lipinski definition) is 2. The summed E-state index contributed by atoms with van der Waals surface area (Å²) < 4.78 is 0. The van der Waals surface area contributed by atoms with Crippen LogP contribution in [0.15, 0.2) is 12.1 Å². The van der Waals surface area contributed by atoms with E-state index in [-0.39, 0.29) is 0 Å². The minimum absolute atomic E-state index is 0.792. The Bertz CT molecular complexity index is 342. The molecule has 0 spiro atoms. The van der Waals surface area contributed by atoms with Gasteiger partial charge in [0.15, 0.2) is 0 Å². The van der Waals surface area contributed by atoms with E-state index in [2.05, 4.69) is 43.5 Å². The molecule has 16 heavy (non-hydrogen) atoms. The second kappa shape index (κ2) is 4.88. The number of aryl methyl sites for hydroxylation is 3. The molecular formula is C14H22N2. The number of anilines is 1. The van der Waals surface area contributed by atoms with Crippen LogP contribution >= 0.6 is 0 Å². The molecular weight excluding hydrogens is 196 g/mol. The van der Waals surface area contributed by atoms with Crippen LogP contribution in [0.4, 0.5) is 5.69 Å². The molecule has 1 heterocycles. The first-order chi connectivity index (χ1) is 7.66. The van der Waals surface area contributed by atoms with E-state index in [9.17, 15) is 0 Å². The molecule has 1 aromatic rings. The van der Waals surface area contributed by atoms with E-state index >= 15 is 0 Å². The largest absolute Gasteiger partial charge is 0.384 e. The zero-order valence-corrected chi connectivity index (χ0v) is 10.6. The average Bonchev–Trinajstić information content (AvgIpc) is 2.68. The van der Waals surface area contributed by atoms with Crippen LogP contribution in [0.2, 0.25) is 0 Å². The highest BCUT2D eigenvalue weighted by Gasteiger charge is 2.14. The highest BCUT2D eigenvalue weighted by Crippen LogP contribution is 2.22. The van der Waals surface area contributed by atoms with Gasteiger partial charge >= 0.3 is 0 Å². The Kier molecular flexibility index (Phi) is 3.49. The first-order valence-electron chi connectivity index (χ1n) is 6.19. The maximum Gasteiger partial charge on any atom is 0.0399 e. The van der Waals surface area contributed by atoms with E-state index in [0.717, 1.165) is 19.0 Å². The van der Waals surface area contributed by atoms with Crippen molar-refractivity contribution in [3.8, 4) is 0 Å². The minimum Gasteiger partial charge on any atom is -0.384 e. The lowest BCUT2D eigenvalue weighted by atomic mass is 10.0. The van der Waals surface area contributed by atoms with Crippen molar-refractivity contribution in [2.75, 3.05) is 25.0 Å². The van der Waals surface area contributed by atoms with Gasteiger partial charge in [0.25, 0.3) is 0 Å². The standard InChI is InChI=1S/C14H22N2/c1-10-6-11(2)14(12(3)7-10)16-9-13-4-5-15-8-13/h6-7,13,15-16H,4-5,8-9H2,1-3H3. The third-order valence-electron chi connectivity index (χ3n) is 3.41. The van der Waals surface area contributed by atoms with Crippen molar-refractivity contribution in [1.82, 2.24) is 5.32 Å². The van der Waals surface area contributed by atoms with Crippen LogP contribution in [-0.4, -0.2) is 19.6 Å². The lowest BCUT2D eigenvalue weighted by Crippen LogP contribution is -2.18. The molecule has 2 heteroatoms. The van der Waals surface area contributed by atoms with Crippen molar-refractivity contribution in [3.63, 3.8) is 0 Å². The quantitative estimate of drug-likeness (QED) is 0.815. The Balaban J connectivity index is 2.03. The maximum atomic E-state index is 3.61. The third-order valence-corrected chi connectivity index (χ3v) is 3.41. The molecule has 0 bridgehead atoms. The van der Waals surface area contributed by atoms with Gasteiger partial charge in [-0.2, -0.15) is 0 Å². The summed E-state index contributed by atoms with van der Waals surface area (Å²) in [6.45, 7) is 9.97. The number of rotatable bonds is 3. The fourth-order valence-electron chi connectivity index (χ4n) is 2.59. The molecule has 1 aliphatic rings. The molecule has 1 fully saturated rings. The molecule has 1 aromatic carbocycles. The van der Waals surface area contributed by atoms with Crippen LogP contribution in [0, 0.1) is 26.7 Å². The summed E-state index contributed by atoms with van der Waals surface area (Å²) >= 11 is 0. The fourth-order valence-corrected chi connectivity index (χ4v) is 2.59. The molecule has 2 nitrogen and oxygen atoms in total. The van der Waals surface area contributed by atoms with Crippen molar-refractivity contribution in [3.05, 3.63) is 28.8 Å². The molecule has 0 amide bonds. The van der Waals surface area contributed by atoms with Gasteiger partial charge < -0.3 is 10.6 Å². The van der Waals surface area contributed by atoms with E-state index in [1.807, 2.05) is 0 Å². The predicted molar refractivity (Wildman–Crippen MR) is 70.1 cm³/mol. The van der Waals surface area contributed by atoms with Crippen LogP contribution in [0.5, 0.6) is 0 Å². The Morgan fingerprint density at radius 1 is 1.25 bits per heavy atom. The summed E-state index contributed by atoms with van der Waals surface area (Å²) in [4.78, 5) is 0. The van der Waals surface area contributed by atoms with Crippen molar-refractivity contribution in [2.45, 2.75) is 27.2 Å². The average molecular weight is 218 g/mol. The molecule has 1 unspecified atom stereocenters. The lowest BCUT2D eigenvalue weighted by Gasteiger charge is -2.16. The summed E-state index contributed by atoms with van der Waals surface area (Å²) in [5.74, 6) is 0.792. The van der Waals surface area contributed by atoms with E-state index in [1.165, 1.54) is 35.3 Å². The number of nitrogens with one attached hydrogen (secondary N) is 2. The highest BCUT2D eigenvalue weighted by molar-refractivity contribution is 5.58. The van der Waals surface area contributed by atoms with Gasteiger partial charge in [-0.3, -0.25) is 0 Å². The Morgan fingerprint density at radius 2 is 1.94 bits per heavy atom. The van der Waals surface area contributed by atoms with Crippen molar-refractivity contribution >= 4 is 5.69 Å². The van der Waals surface area contributed by atoms with Gasteiger partial charge in [-0.05, 0) is 57.3 Å². The molecule has 1 saturated heterocycles. The van der Waals surface area contributed by atoms with Gasteiger partial charge in [-0.1, -0.05) is 17.7 Å². The molecule has 88 valence electrons. The summed E-state index contributed by atoms with van der Waals surface area (Å²) in [6.07, 6.45) is 1.30. The maximum absolute atomic E-state index is 3.61. The molecule has 2 rings (SSSR count). The van der Waals surface area contributed by atoms with Gasteiger partial charge in [0.05, 0.1) is 0 Å². The second-order valence-electron chi connectivity index (χ2n) is 5.01. The van der Waals surface area contributed by atoms with E-state index in [1.54, 1.807) is 0 Å². The highest BCUT2D eigenvalue weighted by atomic mass is 14.9. The van der Waals surface area contributed by atoms with Gasteiger partial charge in [0, 0.05) is 12.2 Å². The van der Waals surface area contributed by atoms with Crippen molar-refractivity contribution in [1.29, 1.82) is 0 Å².